The highest BCUT2D eigenvalue weighted by Crippen LogP contribution is 2.35. The molecule has 0 aliphatic rings. The second-order valence-electron chi connectivity index (χ2n) is 7.49. The van der Waals surface area contributed by atoms with Gasteiger partial charge in [-0.25, -0.2) is 12.8 Å². The van der Waals surface area contributed by atoms with E-state index < -0.39 is 21.7 Å². The second kappa shape index (κ2) is 10.3. The van der Waals surface area contributed by atoms with Crippen LogP contribution in [0, 0.1) is 5.82 Å². The Morgan fingerprint density at radius 2 is 1.69 bits per heavy atom. The molecule has 0 saturated carbocycles. The van der Waals surface area contributed by atoms with Gasteiger partial charge in [-0.2, -0.15) is 4.99 Å². The van der Waals surface area contributed by atoms with Gasteiger partial charge in [0.05, 0.1) is 19.1 Å². The number of rotatable bonds is 8. The molecule has 0 atom stereocenters. The minimum atomic E-state index is -3.91. The summed E-state index contributed by atoms with van der Waals surface area (Å²) in [5.41, 5.74) is 1.24. The van der Waals surface area contributed by atoms with Crippen LogP contribution in [0.4, 0.5) is 10.1 Å². The largest absolute Gasteiger partial charge is 0.495 e. The predicted octanol–water partition coefficient (Wildman–Crippen LogP) is 4.59. The van der Waals surface area contributed by atoms with E-state index in [0.29, 0.717) is 22.8 Å². The first-order chi connectivity index (χ1) is 17.3. The number of anilines is 1. The Bertz CT molecular complexity index is 1610. The maximum Gasteiger partial charge on any atom is 0.279 e. The summed E-state index contributed by atoms with van der Waals surface area (Å²) in [5, 5.41) is 0. The van der Waals surface area contributed by atoms with Gasteiger partial charge in [0.2, 0.25) is 0 Å². The number of nitrogens with zero attached hydrogens (tertiary/aromatic N) is 2. The normalized spacial score (nSPS) is 11.9. The van der Waals surface area contributed by atoms with E-state index in [0.717, 1.165) is 22.3 Å². The molecule has 186 valence electrons. The fourth-order valence-corrected chi connectivity index (χ4v) is 5.70. The fourth-order valence-electron chi connectivity index (χ4n) is 3.50. The van der Waals surface area contributed by atoms with Crippen LogP contribution in [0.1, 0.15) is 10.4 Å². The summed E-state index contributed by atoms with van der Waals surface area (Å²) in [4.78, 5) is 17.6. The minimum absolute atomic E-state index is 0.0820. The van der Waals surface area contributed by atoms with E-state index in [1.54, 1.807) is 32.4 Å². The quantitative estimate of drug-likeness (QED) is 0.338. The van der Waals surface area contributed by atoms with Gasteiger partial charge < -0.3 is 14.0 Å². The molecule has 0 unspecified atom stereocenters. The van der Waals surface area contributed by atoms with Gasteiger partial charge in [-0.1, -0.05) is 17.4 Å². The standard InChI is InChI=1S/C25H22FN3O5S2/c1-4-15-29-22-20(33-2)13-14-21(34-3)23(22)35-25(29)27-24(30)16-5-9-18(10-6-16)28-36(31,32)19-11-7-17(26)8-12-19/h4-14,28H,1,15H2,2-3H3. The zero-order chi connectivity index (χ0) is 25.9. The van der Waals surface area contributed by atoms with Crippen molar-refractivity contribution in [3.63, 3.8) is 0 Å². The molecule has 1 heterocycles. The lowest BCUT2D eigenvalue weighted by Crippen LogP contribution is -2.16. The van der Waals surface area contributed by atoms with Gasteiger partial charge in [-0.05, 0) is 60.7 Å². The molecule has 1 N–H and O–H groups in total. The van der Waals surface area contributed by atoms with E-state index >= 15 is 0 Å². The average Bonchev–Trinajstić information content (AvgIpc) is 3.22. The van der Waals surface area contributed by atoms with Crippen molar-refractivity contribution >= 4 is 43.2 Å². The first kappa shape index (κ1) is 25.1. The first-order valence-corrected chi connectivity index (χ1v) is 12.9. The molecule has 4 rings (SSSR count). The third kappa shape index (κ3) is 5.02. The highest BCUT2D eigenvalue weighted by molar-refractivity contribution is 7.92. The van der Waals surface area contributed by atoms with Crippen LogP contribution < -0.4 is 19.0 Å². The molecule has 11 heteroatoms. The van der Waals surface area contributed by atoms with Gasteiger partial charge in [0.1, 0.15) is 27.5 Å². The number of methoxy groups -OCH3 is 2. The number of aromatic nitrogens is 1. The summed E-state index contributed by atoms with van der Waals surface area (Å²) in [6, 6.07) is 13.9. The van der Waals surface area contributed by atoms with E-state index in [2.05, 4.69) is 16.3 Å². The number of thiazole rings is 1. The third-order valence-electron chi connectivity index (χ3n) is 5.21. The fraction of sp³-hybridized carbons (Fsp3) is 0.120. The number of allylic oxidation sites excluding steroid dienone is 1. The SMILES string of the molecule is C=CCn1c(=NC(=O)c2ccc(NS(=O)(=O)c3ccc(F)cc3)cc2)sc2c(OC)ccc(OC)c21. The molecule has 0 spiro atoms. The number of hydrogen-bond donors (Lipinski definition) is 1. The Morgan fingerprint density at radius 3 is 2.31 bits per heavy atom. The average molecular weight is 528 g/mol. The Kier molecular flexibility index (Phi) is 7.22. The molecule has 3 aromatic carbocycles. The van der Waals surface area contributed by atoms with Crippen molar-refractivity contribution < 1.29 is 27.1 Å². The number of benzene rings is 3. The summed E-state index contributed by atoms with van der Waals surface area (Å²) >= 11 is 1.28. The van der Waals surface area contributed by atoms with Crippen molar-refractivity contribution in [1.82, 2.24) is 4.57 Å². The van der Waals surface area contributed by atoms with Gasteiger partial charge >= 0.3 is 0 Å². The maximum atomic E-state index is 13.1. The van der Waals surface area contributed by atoms with E-state index in [-0.39, 0.29) is 16.1 Å². The number of carbonyl (C=O) groups is 1. The Balaban J connectivity index is 1.66. The van der Waals surface area contributed by atoms with E-state index in [1.165, 1.54) is 47.7 Å². The first-order valence-electron chi connectivity index (χ1n) is 10.6. The highest BCUT2D eigenvalue weighted by atomic mass is 32.2. The van der Waals surface area contributed by atoms with E-state index in [1.807, 2.05) is 4.57 Å². The van der Waals surface area contributed by atoms with Gasteiger partial charge in [0.15, 0.2) is 4.80 Å². The number of sulfonamides is 1. The molecular formula is C25H22FN3O5S2. The number of carbonyl (C=O) groups excluding carboxylic acids is 1. The van der Waals surface area contributed by atoms with Crippen LogP contribution in [-0.4, -0.2) is 33.1 Å². The number of amides is 1. The summed E-state index contributed by atoms with van der Waals surface area (Å²) in [6.07, 6.45) is 1.69. The molecule has 0 saturated heterocycles. The van der Waals surface area contributed by atoms with Crippen LogP contribution in [-0.2, 0) is 16.6 Å². The van der Waals surface area contributed by atoms with Crippen LogP contribution in [0.25, 0.3) is 10.2 Å². The molecular weight excluding hydrogens is 505 g/mol. The summed E-state index contributed by atoms with van der Waals surface area (Å²) in [7, 11) is -0.789. The predicted molar refractivity (Wildman–Crippen MR) is 137 cm³/mol. The van der Waals surface area contributed by atoms with Gasteiger partial charge in [0, 0.05) is 17.8 Å². The van der Waals surface area contributed by atoms with Crippen LogP contribution >= 0.6 is 11.3 Å². The lowest BCUT2D eigenvalue weighted by atomic mass is 10.2. The smallest absolute Gasteiger partial charge is 0.279 e. The molecule has 1 aromatic heterocycles. The van der Waals surface area contributed by atoms with Crippen molar-refractivity contribution in [1.29, 1.82) is 0 Å². The Labute approximate surface area is 211 Å². The number of ether oxygens (including phenoxy) is 2. The monoisotopic (exact) mass is 527 g/mol. The lowest BCUT2D eigenvalue weighted by molar-refractivity contribution is 0.0998. The highest BCUT2D eigenvalue weighted by Gasteiger charge is 2.17. The molecule has 8 nitrogen and oxygen atoms in total. The van der Waals surface area contributed by atoms with Crippen molar-refractivity contribution in [3.05, 3.63) is 89.5 Å². The van der Waals surface area contributed by atoms with Gasteiger partial charge in [0.25, 0.3) is 15.9 Å². The number of hydrogen-bond acceptors (Lipinski definition) is 6. The molecule has 0 fully saturated rings. The topological polar surface area (TPSA) is 99.0 Å². The Hall–Kier alpha value is -3.96. The zero-order valence-corrected chi connectivity index (χ0v) is 21.0. The summed E-state index contributed by atoms with van der Waals surface area (Å²) in [6.45, 7) is 4.18. The molecule has 1 amide bonds. The summed E-state index contributed by atoms with van der Waals surface area (Å²) in [5.74, 6) is 0.187. The van der Waals surface area contributed by atoms with Crippen LogP contribution in [0.2, 0.25) is 0 Å². The molecule has 36 heavy (non-hydrogen) atoms. The van der Waals surface area contributed by atoms with Crippen LogP contribution in [0.3, 0.4) is 0 Å². The zero-order valence-electron chi connectivity index (χ0n) is 19.4. The van der Waals surface area contributed by atoms with Crippen molar-refractivity contribution in [3.8, 4) is 11.5 Å². The number of halogens is 1. The molecule has 4 aromatic rings. The minimum Gasteiger partial charge on any atom is -0.495 e. The van der Waals surface area contributed by atoms with Crippen molar-refractivity contribution in [2.45, 2.75) is 11.4 Å². The van der Waals surface area contributed by atoms with Gasteiger partial charge in [-0.15, -0.1) is 6.58 Å². The van der Waals surface area contributed by atoms with Crippen LogP contribution in [0.15, 0.2) is 83.2 Å². The number of fused-ring (bicyclic) bond motifs is 1. The summed E-state index contributed by atoms with van der Waals surface area (Å²) < 4.78 is 54.1. The van der Waals surface area contributed by atoms with Crippen molar-refractivity contribution in [2.75, 3.05) is 18.9 Å². The maximum absolute atomic E-state index is 13.1. The molecule has 0 aliphatic carbocycles. The molecule has 0 bridgehead atoms. The molecule has 0 aliphatic heterocycles. The van der Waals surface area contributed by atoms with E-state index in [4.69, 9.17) is 9.47 Å². The lowest BCUT2D eigenvalue weighted by Gasteiger charge is -2.09. The van der Waals surface area contributed by atoms with Crippen LogP contribution in [0.5, 0.6) is 11.5 Å². The van der Waals surface area contributed by atoms with Crippen molar-refractivity contribution in [2.24, 2.45) is 4.99 Å². The van der Waals surface area contributed by atoms with E-state index in [9.17, 15) is 17.6 Å². The second-order valence-corrected chi connectivity index (χ2v) is 10.1. The third-order valence-corrected chi connectivity index (χ3v) is 7.70. The van der Waals surface area contributed by atoms with Gasteiger partial charge in [-0.3, -0.25) is 9.52 Å². The Morgan fingerprint density at radius 1 is 1.06 bits per heavy atom. The molecule has 0 radical (unpaired) electrons. The number of nitrogens with one attached hydrogen (secondary N) is 1.